The normalized spacial score (nSPS) is 11.6. The molecule has 0 unspecified atom stereocenters. The Balaban J connectivity index is 0.00000480. The number of benzene rings is 2. The van der Waals surface area contributed by atoms with Crippen LogP contribution in [0, 0.1) is 0 Å². The van der Waals surface area contributed by atoms with E-state index in [0.717, 1.165) is 0 Å². The molecule has 164 valence electrons. The van der Waals surface area contributed by atoms with Gasteiger partial charge in [-0.25, -0.2) is 9.61 Å². The van der Waals surface area contributed by atoms with Gasteiger partial charge in [-0.1, -0.05) is 53.7 Å². The van der Waals surface area contributed by atoms with Gasteiger partial charge in [-0.3, -0.25) is 0 Å². The van der Waals surface area contributed by atoms with Crippen LogP contribution in [0.15, 0.2) is 24.3 Å². The minimum Gasteiger partial charge on any atom is -0.826 e. The Bertz CT molecular complexity index is 833. The summed E-state index contributed by atoms with van der Waals surface area (Å²) in [6.07, 6.45) is 0. The van der Waals surface area contributed by atoms with Crippen molar-refractivity contribution in [3.8, 4) is 34.5 Å². The second-order valence-corrected chi connectivity index (χ2v) is 8.77. The molecule has 9 nitrogen and oxygen atoms in total. The van der Waals surface area contributed by atoms with Crippen molar-refractivity contribution in [2.45, 2.75) is 52.4 Å². The molecule has 0 aliphatic rings. The maximum absolute atomic E-state index is 12.0. The smallest absolute Gasteiger partial charge is 0.826 e. The Morgan fingerprint density at radius 2 is 1.00 bits per heavy atom. The standard InChI is InChI=1S/C20H26BO9.Na/c1-19(2,3)11-7-9-13(22)15(24)17(11)27-29-21(26)30-28-18-12(20(4,5)6)8-10-14(23)16(18)25;/h7-10,22-25H,1-6H3;/q-1;+1. The van der Waals surface area contributed by atoms with Crippen LogP contribution in [-0.2, 0) is 20.4 Å². The van der Waals surface area contributed by atoms with Crippen molar-refractivity contribution in [1.82, 2.24) is 0 Å². The molecule has 2 aromatic carbocycles. The van der Waals surface area contributed by atoms with Gasteiger partial charge < -0.3 is 35.2 Å². The van der Waals surface area contributed by atoms with Gasteiger partial charge >= 0.3 is 36.9 Å². The Kier molecular flexibility index (Phi) is 8.96. The second-order valence-electron chi connectivity index (χ2n) is 8.77. The van der Waals surface area contributed by atoms with Crippen LogP contribution in [0.4, 0.5) is 0 Å². The molecule has 0 amide bonds. The first-order valence-corrected chi connectivity index (χ1v) is 9.16. The fourth-order valence-corrected chi connectivity index (χ4v) is 2.66. The zero-order valence-electron chi connectivity index (χ0n) is 18.7. The molecule has 0 aliphatic heterocycles. The summed E-state index contributed by atoms with van der Waals surface area (Å²) in [5.41, 5.74) is -0.0819. The van der Waals surface area contributed by atoms with Crippen LogP contribution in [0.2, 0.25) is 0 Å². The molecule has 2 rings (SSSR count). The molecule has 0 fully saturated rings. The summed E-state index contributed by atoms with van der Waals surface area (Å²) in [4.78, 5) is 19.1. The fraction of sp³-hybridized carbons (Fsp3) is 0.400. The SMILES string of the molecule is CC(C)(C)c1ccc(O)c(O)c1OOB([O-])OOc1c(C(C)(C)C)ccc(O)c1O.[Na+]. The van der Waals surface area contributed by atoms with Gasteiger partial charge in [0.25, 0.3) is 0 Å². The van der Waals surface area contributed by atoms with Crippen LogP contribution in [0.3, 0.4) is 0 Å². The Morgan fingerprint density at radius 3 is 1.29 bits per heavy atom. The van der Waals surface area contributed by atoms with Crippen molar-refractivity contribution in [1.29, 1.82) is 0 Å². The maximum atomic E-state index is 12.0. The van der Waals surface area contributed by atoms with Gasteiger partial charge in [0.05, 0.1) is 0 Å². The molecule has 11 heteroatoms. The van der Waals surface area contributed by atoms with Crippen molar-refractivity contribution in [3.05, 3.63) is 35.4 Å². The Morgan fingerprint density at radius 1 is 0.677 bits per heavy atom. The quantitative estimate of drug-likeness (QED) is 0.206. The third-order valence-corrected chi connectivity index (χ3v) is 4.26. The Hall–Kier alpha value is -1.82. The minimum absolute atomic E-state index is 0. The molecule has 0 saturated heterocycles. The monoisotopic (exact) mass is 444 g/mol. The summed E-state index contributed by atoms with van der Waals surface area (Å²) < 4.78 is 0. The molecule has 0 bridgehead atoms. The predicted octanol–water partition coefficient (Wildman–Crippen LogP) is -0.226. The average molecular weight is 444 g/mol. The molecule has 0 atom stereocenters. The molecule has 0 saturated carbocycles. The first-order chi connectivity index (χ1) is 13.7. The van der Waals surface area contributed by atoms with Gasteiger partial charge in [0.2, 0.25) is 23.0 Å². The molecular weight excluding hydrogens is 418 g/mol. The van der Waals surface area contributed by atoms with Crippen molar-refractivity contribution < 1.29 is 74.4 Å². The van der Waals surface area contributed by atoms with Gasteiger partial charge in [-0.2, -0.15) is 0 Å². The van der Waals surface area contributed by atoms with E-state index in [1.165, 1.54) is 24.3 Å². The number of rotatable bonds is 6. The van der Waals surface area contributed by atoms with Crippen LogP contribution in [0.1, 0.15) is 52.7 Å². The van der Waals surface area contributed by atoms with E-state index < -0.39 is 41.1 Å². The first-order valence-electron chi connectivity index (χ1n) is 9.16. The zero-order valence-corrected chi connectivity index (χ0v) is 20.7. The molecule has 2 aromatic rings. The molecule has 0 aliphatic carbocycles. The summed E-state index contributed by atoms with van der Waals surface area (Å²) in [7, 11) is -2.35. The van der Waals surface area contributed by atoms with Crippen LogP contribution < -0.4 is 44.4 Å². The minimum atomic E-state index is -2.35. The summed E-state index contributed by atoms with van der Waals surface area (Å²) in [6, 6.07) is 5.61. The molecule has 4 N–H and O–H groups in total. The van der Waals surface area contributed by atoms with Crippen LogP contribution in [-0.4, -0.2) is 27.7 Å². The summed E-state index contributed by atoms with van der Waals surface area (Å²) >= 11 is 0. The average Bonchev–Trinajstić information content (AvgIpc) is 2.61. The third-order valence-electron chi connectivity index (χ3n) is 4.26. The second kappa shape index (κ2) is 10.2. The van der Waals surface area contributed by atoms with Crippen molar-refractivity contribution >= 4 is 7.32 Å². The molecular formula is C20H26BNaO9. The number of hydrogen-bond acceptors (Lipinski definition) is 9. The molecule has 0 radical (unpaired) electrons. The number of phenolic OH excluding ortho intramolecular Hbond substituents is 4. The van der Waals surface area contributed by atoms with Crippen molar-refractivity contribution in [2.24, 2.45) is 0 Å². The summed E-state index contributed by atoms with van der Waals surface area (Å²) in [5.74, 6) is -2.61. The van der Waals surface area contributed by atoms with E-state index in [-0.39, 0.29) is 41.1 Å². The summed E-state index contributed by atoms with van der Waals surface area (Å²) in [5, 5.41) is 51.5. The van der Waals surface area contributed by atoms with Crippen molar-refractivity contribution in [3.63, 3.8) is 0 Å². The van der Waals surface area contributed by atoms with E-state index in [1.54, 1.807) is 0 Å². The number of hydrogen-bond donors (Lipinski definition) is 4. The molecule has 31 heavy (non-hydrogen) atoms. The van der Waals surface area contributed by atoms with E-state index in [2.05, 4.69) is 9.61 Å². The molecule has 0 aromatic heterocycles. The summed E-state index contributed by atoms with van der Waals surface area (Å²) in [6.45, 7) is 11.0. The van der Waals surface area contributed by atoms with E-state index in [4.69, 9.17) is 9.78 Å². The maximum Gasteiger partial charge on any atom is 1.00 e. The van der Waals surface area contributed by atoms with E-state index in [9.17, 15) is 25.5 Å². The van der Waals surface area contributed by atoms with Crippen molar-refractivity contribution in [2.75, 3.05) is 0 Å². The van der Waals surface area contributed by atoms with Gasteiger partial charge in [0, 0.05) is 11.1 Å². The zero-order chi connectivity index (χ0) is 22.9. The van der Waals surface area contributed by atoms with Crippen LogP contribution >= 0.6 is 0 Å². The predicted molar refractivity (Wildman–Crippen MR) is 106 cm³/mol. The van der Waals surface area contributed by atoms with Crippen LogP contribution in [0.25, 0.3) is 0 Å². The number of phenols is 4. The number of aromatic hydroxyl groups is 4. The molecule has 0 spiro atoms. The van der Waals surface area contributed by atoms with Gasteiger partial charge in [-0.15, -0.1) is 0 Å². The van der Waals surface area contributed by atoms with E-state index in [1.807, 2.05) is 41.5 Å². The van der Waals surface area contributed by atoms with E-state index >= 15 is 0 Å². The van der Waals surface area contributed by atoms with Gasteiger partial charge in [-0.05, 0) is 23.0 Å². The topological polar surface area (TPSA) is 141 Å². The van der Waals surface area contributed by atoms with E-state index in [0.29, 0.717) is 11.1 Å². The third kappa shape index (κ3) is 6.58. The fourth-order valence-electron chi connectivity index (χ4n) is 2.66. The van der Waals surface area contributed by atoms with Crippen LogP contribution in [0.5, 0.6) is 34.5 Å². The van der Waals surface area contributed by atoms with Gasteiger partial charge in [0.1, 0.15) is 0 Å². The van der Waals surface area contributed by atoms with Gasteiger partial charge in [0.15, 0.2) is 11.5 Å². The first kappa shape index (κ1) is 27.2. The molecule has 0 heterocycles. The Labute approximate surface area is 203 Å². The largest absolute Gasteiger partial charge is 1.00 e.